The molecule has 0 heterocycles. The number of para-hydroxylation sites is 1. The van der Waals surface area contributed by atoms with Crippen LogP contribution >= 0.6 is 0 Å². The Balaban J connectivity index is 1.95. The molecule has 110 valence electrons. The average Bonchev–Trinajstić information content (AvgIpc) is 2.57. The van der Waals surface area contributed by atoms with Gasteiger partial charge in [-0.25, -0.2) is 0 Å². The monoisotopic (exact) mass is 290 g/mol. The fourth-order valence-corrected chi connectivity index (χ4v) is 2.37. The van der Waals surface area contributed by atoms with Crippen LogP contribution < -0.4 is 10.2 Å². The van der Waals surface area contributed by atoms with Crippen molar-refractivity contribution in [3.63, 3.8) is 0 Å². The summed E-state index contributed by atoms with van der Waals surface area (Å²) in [6, 6.07) is 22.2. The van der Waals surface area contributed by atoms with Gasteiger partial charge >= 0.3 is 0 Å². The SMILES string of the molecule is CCOc1ccc2ccccc2c1C=NNc1ccccc1. The maximum Gasteiger partial charge on any atom is 0.128 e. The molecule has 0 fully saturated rings. The van der Waals surface area contributed by atoms with Crippen LogP contribution in [-0.4, -0.2) is 12.8 Å². The zero-order valence-electron chi connectivity index (χ0n) is 12.5. The molecule has 3 aromatic rings. The molecule has 22 heavy (non-hydrogen) atoms. The van der Waals surface area contributed by atoms with Crippen molar-refractivity contribution in [2.75, 3.05) is 12.0 Å². The van der Waals surface area contributed by atoms with Crippen molar-refractivity contribution >= 4 is 22.7 Å². The minimum absolute atomic E-state index is 0.630. The highest BCUT2D eigenvalue weighted by atomic mass is 16.5. The first kappa shape index (κ1) is 14.1. The zero-order valence-corrected chi connectivity index (χ0v) is 12.5. The molecule has 3 aromatic carbocycles. The van der Waals surface area contributed by atoms with Crippen LogP contribution in [0.2, 0.25) is 0 Å². The number of hydrazone groups is 1. The standard InChI is InChI=1S/C19H18N2O/c1-2-22-19-13-12-15-8-6-7-11-17(15)18(19)14-20-21-16-9-4-3-5-10-16/h3-14,21H,2H2,1H3. The smallest absolute Gasteiger partial charge is 0.128 e. The lowest BCUT2D eigenvalue weighted by Gasteiger charge is -2.10. The molecule has 1 N–H and O–H groups in total. The minimum Gasteiger partial charge on any atom is -0.493 e. The second-order valence-electron chi connectivity index (χ2n) is 4.87. The van der Waals surface area contributed by atoms with Crippen molar-refractivity contribution in [2.45, 2.75) is 6.92 Å². The number of anilines is 1. The fourth-order valence-electron chi connectivity index (χ4n) is 2.37. The fraction of sp³-hybridized carbons (Fsp3) is 0.105. The van der Waals surface area contributed by atoms with Gasteiger partial charge in [0.1, 0.15) is 5.75 Å². The molecule has 0 atom stereocenters. The Morgan fingerprint density at radius 2 is 1.73 bits per heavy atom. The normalized spacial score (nSPS) is 11.0. The van der Waals surface area contributed by atoms with Gasteiger partial charge in [-0.1, -0.05) is 48.5 Å². The largest absolute Gasteiger partial charge is 0.493 e. The molecule has 3 heteroatoms. The van der Waals surface area contributed by atoms with Crippen molar-refractivity contribution in [1.29, 1.82) is 0 Å². The third-order valence-corrected chi connectivity index (χ3v) is 3.39. The summed E-state index contributed by atoms with van der Waals surface area (Å²) >= 11 is 0. The Morgan fingerprint density at radius 1 is 0.955 bits per heavy atom. The molecule has 0 radical (unpaired) electrons. The highest BCUT2D eigenvalue weighted by molar-refractivity contribution is 6.02. The second-order valence-corrected chi connectivity index (χ2v) is 4.87. The van der Waals surface area contributed by atoms with E-state index in [0.717, 1.165) is 22.4 Å². The van der Waals surface area contributed by atoms with Crippen LogP contribution in [0.25, 0.3) is 10.8 Å². The lowest BCUT2D eigenvalue weighted by molar-refractivity contribution is 0.340. The predicted octanol–water partition coefficient (Wildman–Crippen LogP) is 4.68. The number of rotatable bonds is 5. The molecule has 0 aliphatic carbocycles. The number of fused-ring (bicyclic) bond motifs is 1. The summed E-state index contributed by atoms with van der Waals surface area (Å²) in [7, 11) is 0. The number of nitrogens with zero attached hydrogens (tertiary/aromatic N) is 1. The van der Waals surface area contributed by atoms with Crippen molar-refractivity contribution in [2.24, 2.45) is 5.10 Å². The van der Waals surface area contributed by atoms with Crippen molar-refractivity contribution in [1.82, 2.24) is 0 Å². The van der Waals surface area contributed by atoms with Crippen LogP contribution in [0, 0.1) is 0 Å². The molecule has 0 aliphatic rings. The molecule has 0 aromatic heterocycles. The van der Waals surface area contributed by atoms with Gasteiger partial charge in [0.2, 0.25) is 0 Å². The van der Waals surface area contributed by atoms with Crippen molar-refractivity contribution in [3.05, 3.63) is 72.3 Å². The maximum absolute atomic E-state index is 5.73. The van der Waals surface area contributed by atoms with E-state index in [-0.39, 0.29) is 0 Å². The Kier molecular flexibility index (Phi) is 4.35. The van der Waals surface area contributed by atoms with E-state index in [1.165, 1.54) is 5.39 Å². The quantitative estimate of drug-likeness (QED) is 0.546. The van der Waals surface area contributed by atoms with E-state index in [4.69, 9.17) is 4.74 Å². The second kappa shape index (κ2) is 6.76. The minimum atomic E-state index is 0.630. The van der Waals surface area contributed by atoms with Crippen LogP contribution in [0.5, 0.6) is 5.75 Å². The van der Waals surface area contributed by atoms with Crippen LogP contribution in [0.3, 0.4) is 0 Å². The lowest BCUT2D eigenvalue weighted by atomic mass is 10.0. The topological polar surface area (TPSA) is 33.6 Å². The molecule has 0 saturated heterocycles. The first-order valence-corrected chi connectivity index (χ1v) is 7.37. The molecular weight excluding hydrogens is 272 g/mol. The van der Waals surface area contributed by atoms with Gasteiger partial charge in [-0.05, 0) is 35.9 Å². The summed E-state index contributed by atoms with van der Waals surface area (Å²) in [5, 5.41) is 6.65. The third kappa shape index (κ3) is 3.09. The van der Waals surface area contributed by atoms with Crippen LogP contribution in [0.1, 0.15) is 12.5 Å². The van der Waals surface area contributed by atoms with E-state index in [9.17, 15) is 0 Å². The Hall–Kier alpha value is -2.81. The number of benzene rings is 3. The molecule has 0 amide bonds. The maximum atomic E-state index is 5.73. The first-order chi connectivity index (χ1) is 10.9. The summed E-state index contributed by atoms with van der Waals surface area (Å²) in [6.45, 7) is 2.61. The van der Waals surface area contributed by atoms with Gasteiger partial charge in [0, 0.05) is 5.56 Å². The summed E-state index contributed by atoms with van der Waals surface area (Å²) in [5.41, 5.74) is 4.99. The molecule has 0 saturated carbocycles. The number of hydrogen-bond acceptors (Lipinski definition) is 3. The Morgan fingerprint density at radius 3 is 2.55 bits per heavy atom. The summed E-state index contributed by atoms with van der Waals surface area (Å²) in [5.74, 6) is 0.847. The Bertz CT molecular complexity index is 782. The molecule has 0 unspecified atom stereocenters. The summed E-state index contributed by atoms with van der Waals surface area (Å²) in [6.07, 6.45) is 1.82. The average molecular weight is 290 g/mol. The van der Waals surface area contributed by atoms with E-state index in [1.54, 1.807) is 0 Å². The molecule has 0 bridgehead atoms. The van der Waals surface area contributed by atoms with E-state index in [1.807, 2.05) is 61.7 Å². The molecule has 3 nitrogen and oxygen atoms in total. The molecule has 0 aliphatic heterocycles. The Labute approximate surface area is 130 Å². The van der Waals surface area contributed by atoms with Gasteiger partial charge in [-0.2, -0.15) is 5.10 Å². The van der Waals surface area contributed by atoms with Crippen molar-refractivity contribution in [3.8, 4) is 5.75 Å². The molecule has 0 spiro atoms. The third-order valence-electron chi connectivity index (χ3n) is 3.39. The van der Waals surface area contributed by atoms with Gasteiger partial charge < -0.3 is 4.74 Å². The highest BCUT2D eigenvalue weighted by Gasteiger charge is 2.06. The van der Waals surface area contributed by atoms with E-state index in [0.29, 0.717) is 6.61 Å². The molecular formula is C19H18N2O. The van der Waals surface area contributed by atoms with E-state index in [2.05, 4.69) is 28.7 Å². The van der Waals surface area contributed by atoms with Gasteiger partial charge in [-0.15, -0.1) is 0 Å². The highest BCUT2D eigenvalue weighted by Crippen LogP contribution is 2.26. The zero-order chi connectivity index (χ0) is 15.2. The van der Waals surface area contributed by atoms with E-state index >= 15 is 0 Å². The number of nitrogens with one attached hydrogen (secondary N) is 1. The first-order valence-electron chi connectivity index (χ1n) is 7.37. The van der Waals surface area contributed by atoms with Crippen LogP contribution in [0.15, 0.2) is 71.8 Å². The molecule has 3 rings (SSSR count). The van der Waals surface area contributed by atoms with Crippen molar-refractivity contribution < 1.29 is 4.74 Å². The van der Waals surface area contributed by atoms with Crippen LogP contribution in [-0.2, 0) is 0 Å². The van der Waals surface area contributed by atoms with Gasteiger partial charge in [-0.3, -0.25) is 5.43 Å². The van der Waals surface area contributed by atoms with Gasteiger partial charge in [0.15, 0.2) is 0 Å². The van der Waals surface area contributed by atoms with Gasteiger partial charge in [0.05, 0.1) is 18.5 Å². The number of hydrogen-bond donors (Lipinski definition) is 1. The van der Waals surface area contributed by atoms with Gasteiger partial charge in [0.25, 0.3) is 0 Å². The summed E-state index contributed by atoms with van der Waals surface area (Å²) < 4.78 is 5.73. The summed E-state index contributed by atoms with van der Waals surface area (Å²) in [4.78, 5) is 0. The lowest BCUT2D eigenvalue weighted by Crippen LogP contribution is -1.98. The van der Waals surface area contributed by atoms with E-state index < -0.39 is 0 Å². The number of ether oxygens (including phenoxy) is 1. The predicted molar refractivity (Wildman–Crippen MR) is 92.8 cm³/mol. The van der Waals surface area contributed by atoms with Crippen LogP contribution in [0.4, 0.5) is 5.69 Å².